The van der Waals surface area contributed by atoms with Crippen LogP contribution in [0.4, 0.5) is 13.2 Å². The number of rotatable bonds is 2. The Morgan fingerprint density at radius 1 is 1.05 bits per heavy atom. The predicted octanol–water partition coefficient (Wildman–Crippen LogP) is 3.33. The van der Waals surface area contributed by atoms with Crippen molar-refractivity contribution in [3.05, 3.63) is 65.5 Å². The zero-order valence-electron chi connectivity index (χ0n) is 9.59. The number of alkyl halides is 3. The summed E-state index contributed by atoms with van der Waals surface area (Å²) in [5, 5.41) is 12.1. The molecule has 0 unspecified atom stereocenters. The van der Waals surface area contributed by atoms with Gasteiger partial charge in [-0.1, -0.05) is 23.4 Å². The van der Waals surface area contributed by atoms with Crippen molar-refractivity contribution in [3.8, 4) is 0 Å². The minimum absolute atomic E-state index is 0.120. The van der Waals surface area contributed by atoms with E-state index in [9.17, 15) is 13.2 Å². The van der Waals surface area contributed by atoms with Crippen LogP contribution in [0.5, 0.6) is 0 Å². The van der Waals surface area contributed by atoms with Gasteiger partial charge in [-0.2, -0.15) is 13.2 Å². The van der Waals surface area contributed by atoms with E-state index in [2.05, 4.69) is 10.1 Å². The van der Waals surface area contributed by atoms with Gasteiger partial charge < -0.3 is 5.21 Å². The molecule has 0 atom stereocenters. The summed E-state index contributed by atoms with van der Waals surface area (Å²) in [6.07, 6.45) is -2.88. The van der Waals surface area contributed by atoms with Gasteiger partial charge in [0.1, 0.15) is 5.71 Å². The van der Waals surface area contributed by atoms with E-state index in [1.54, 1.807) is 18.2 Å². The van der Waals surface area contributed by atoms with Gasteiger partial charge in [-0.3, -0.25) is 4.98 Å². The van der Waals surface area contributed by atoms with Crippen molar-refractivity contribution in [2.45, 2.75) is 6.18 Å². The molecular formula is C13H9F3N2O. The number of nitrogens with zero attached hydrogens (tertiary/aromatic N) is 2. The number of hydrogen-bond donors (Lipinski definition) is 1. The van der Waals surface area contributed by atoms with Gasteiger partial charge >= 0.3 is 6.18 Å². The van der Waals surface area contributed by atoms with E-state index in [0.717, 1.165) is 12.1 Å². The summed E-state index contributed by atoms with van der Waals surface area (Å²) < 4.78 is 37.3. The average Bonchev–Trinajstić information content (AvgIpc) is 2.40. The predicted molar refractivity (Wildman–Crippen MR) is 63.1 cm³/mol. The molecule has 0 aliphatic carbocycles. The molecule has 1 heterocycles. The minimum Gasteiger partial charge on any atom is -0.410 e. The molecule has 0 fully saturated rings. The van der Waals surface area contributed by atoms with E-state index in [1.165, 1.54) is 18.3 Å². The first-order valence-corrected chi connectivity index (χ1v) is 5.33. The molecule has 2 aromatic rings. The molecule has 1 aromatic heterocycles. The average molecular weight is 266 g/mol. The fourth-order valence-corrected chi connectivity index (χ4v) is 1.58. The molecule has 3 nitrogen and oxygen atoms in total. The highest BCUT2D eigenvalue weighted by Crippen LogP contribution is 2.29. The summed E-state index contributed by atoms with van der Waals surface area (Å²) in [6, 6.07) is 9.33. The van der Waals surface area contributed by atoms with Crippen molar-refractivity contribution >= 4 is 5.71 Å². The first-order chi connectivity index (χ1) is 9.02. The van der Waals surface area contributed by atoms with E-state index in [-0.39, 0.29) is 5.71 Å². The van der Waals surface area contributed by atoms with Gasteiger partial charge in [0, 0.05) is 11.8 Å². The Morgan fingerprint density at radius 2 is 1.74 bits per heavy atom. The maximum Gasteiger partial charge on any atom is 0.416 e. The molecule has 1 N–H and O–H groups in total. The lowest BCUT2D eigenvalue weighted by Crippen LogP contribution is -2.08. The van der Waals surface area contributed by atoms with Gasteiger partial charge in [0.15, 0.2) is 0 Å². The smallest absolute Gasteiger partial charge is 0.410 e. The van der Waals surface area contributed by atoms with Gasteiger partial charge in [0.2, 0.25) is 0 Å². The molecule has 98 valence electrons. The van der Waals surface area contributed by atoms with Gasteiger partial charge in [-0.25, -0.2) is 0 Å². The van der Waals surface area contributed by atoms with Gasteiger partial charge in [-0.05, 0) is 24.3 Å². The van der Waals surface area contributed by atoms with E-state index < -0.39 is 11.7 Å². The van der Waals surface area contributed by atoms with Gasteiger partial charge in [0.25, 0.3) is 0 Å². The third kappa shape index (κ3) is 2.90. The molecule has 0 amide bonds. The Morgan fingerprint density at radius 3 is 2.21 bits per heavy atom. The van der Waals surface area contributed by atoms with E-state index in [4.69, 9.17) is 5.21 Å². The van der Waals surface area contributed by atoms with Crippen LogP contribution in [0.2, 0.25) is 0 Å². The summed E-state index contributed by atoms with van der Waals surface area (Å²) in [5.74, 6) is 0. The molecule has 19 heavy (non-hydrogen) atoms. The zero-order valence-corrected chi connectivity index (χ0v) is 9.59. The summed E-state index contributed by atoms with van der Waals surface area (Å²) in [4.78, 5) is 3.98. The minimum atomic E-state index is -4.39. The number of oxime groups is 1. The summed E-state index contributed by atoms with van der Waals surface area (Å²) >= 11 is 0. The SMILES string of the molecule is ON=C(c1ccc(C(F)(F)F)cc1)c1ccccn1. The number of benzene rings is 1. The lowest BCUT2D eigenvalue weighted by molar-refractivity contribution is -0.137. The highest BCUT2D eigenvalue weighted by Gasteiger charge is 2.30. The van der Waals surface area contributed by atoms with Crippen molar-refractivity contribution in [2.24, 2.45) is 5.16 Å². The van der Waals surface area contributed by atoms with Crippen LogP contribution in [0, 0.1) is 0 Å². The second-order valence-electron chi connectivity index (χ2n) is 3.74. The normalized spacial score (nSPS) is 12.5. The fraction of sp³-hybridized carbons (Fsp3) is 0.0769. The van der Waals surface area contributed by atoms with Crippen LogP contribution >= 0.6 is 0 Å². The van der Waals surface area contributed by atoms with Crippen LogP contribution < -0.4 is 0 Å². The standard InChI is InChI=1S/C13H9F3N2O/c14-13(15,16)10-6-4-9(5-7-10)12(18-19)11-3-1-2-8-17-11/h1-8,19H. The van der Waals surface area contributed by atoms with Crippen LogP contribution in [-0.4, -0.2) is 15.9 Å². The Labute approximate surface area is 107 Å². The zero-order chi connectivity index (χ0) is 13.9. The van der Waals surface area contributed by atoms with Crippen LogP contribution in [-0.2, 0) is 6.18 Å². The summed E-state index contributed by atoms with van der Waals surface area (Å²) in [5.41, 5.74) is 0.0999. The lowest BCUT2D eigenvalue weighted by Gasteiger charge is -2.08. The molecule has 0 spiro atoms. The molecule has 0 aliphatic rings. The number of pyridine rings is 1. The first-order valence-electron chi connectivity index (χ1n) is 5.33. The largest absolute Gasteiger partial charge is 0.416 e. The van der Waals surface area contributed by atoms with Crippen LogP contribution in [0.1, 0.15) is 16.8 Å². The van der Waals surface area contributed by atoms with Crippen molar-refractivity contribution in [3.63, 3.8) is 0 Å². The van der Waals surface area contributed by atoms with E-state index >= 15 is 0 Å². The maximum atomic E-state index is 12.4. The second kappa shape index (κ2) is 5.09. The van der Waals surface area contributed by atoms with E-state index in [0.29, 0.717) is 11.3 Å². The van der Waals surface area contributed by atoms with Crippen molar-refractivity contribution in [2.75, 3.05) is 0 Å². The molecule has 6 heteroatoms. The van der Waals surface area contributed by atoms with Gasteiger partial charge in [-0.15, -0.1) is 0 Å². The lowest BCUT2D eigenvalue weighted by atomic mass is 10.0. The first kappa shape index (κ1) is 13.1. The highest BCUT2D eigenvalue weighted by atomic mass is 19.4. The van der Waals surface area contributed by atoms with E-state index in [1.807, 2.05) is 0 Å². The third-order valence-corrected chi connectivity index (χ3v) is 2.49. The summed E-state index contributed by atoms with van der Waals surface area (Å²) in [6.45, 7) is 0. The highest BCUT2D eigenvalue weighted by molar-refractivity contribution is 6.11. The number of hydrogen-bond acceptors (Lipinski definition) is 3. The molecule has 2 rings (SSSR count). The van der Waals surface area contributed by atoms with Crippen LogP contribution in [0.25, 0.3) is 0 Å². The van der Waals surface area contributed by atoms with Crippen LogP contribution in [0.3, 0.4) is 0 Å². The fourth-order valence-electron chi connectivity index (χ4n) is 1.58. The quantitative estimate of drug-likeness (QED) is 0.515. The molecule has 0 aliphatic heterocycles. The van der Waals surface area contributed by atoms with Crippen molar-refractivity contribution in [1.29, 1.82) is 0 Å². The Kier molecular flexibility index (Phi) is 3.50. The molecule has 1 aromatic carbocycles. The molecular weight excluding hydrogens is 257 g/mol. The number of halogens is 3. The molecule has 0 radical (unpaired) electrons. The monoisotopic (exact) mass is 266 g/mol. The number of aromatic nitrogens is 1. The van der Waals surface area contributed by atoms with Gasteiger partial charge in [0.05, 0.1) is 11.3 Å². The topological polar surface area (TPSA) is 45.5 Å². The molecule has 0 saturated carbocycles. The van der Waals surface area contributed by atoms with Crippen LogP contribution in [0.15, 0.2) is 53.8 Å². The Balaban J connectivity index is 2.37. The van der Waals surface area contributed by atoms with Crippen molar-refractivity contribution in [1.82, 2.24) is 4.98 Å². The Hall–Kier alpha value is -2.37. The molecule has 0 bridgehead atoms. The second-order valence-corrected chi connectivity index (χ2v) is 3.74. The third-order valence-electron chi connectivity index (χ3n) is 2.49. The summed E-state index contributed by atoms with van der Waals surface area (Å²) in [7, 11) is 0. The maximum absolute atomic E-state index is 12.4. The molecule has 0 saturated heterocycles. The Bertz CT molecular complexity index is 577. The van der Waals surface area contributed by atoms with Crippen molar-refractivity contribution < 1.29 is 18.4 Å².